The molecule has 1 aliphatic heterocycles. The van der Waals surface area contributed by atoms with Crippen molar-refractivity contribution in [2.75, 3.05) is 19.7 Å². The molecule has 0 aromatic heterocycles. The van der Waals surface area contributed by atoms with Gasteiger partial charge < -0.3 is 14.7 Å². The van der Waals surface area contributed by atoms with E-state index in [-0.39, 0.29) is 18.9 Å². The molecule has 5 nitrogen and oxygen atoms in total. The fourth-order valence-corrected chi connectivity index (χ4v) is 1.68. The summed E-state index contributed by atoms with van der Waals surface area (Å²) >= 11 is 0. The second-order valence-electron chi connectivity index (χ2n) is 4.24. The number of carboxylic acids is 1. The number of nitrogens with zero attached hydrogens (tertiary/aromatic N) is 1. The zero-order chi connectivity index (χ0) is 13.0. The van der Waals surface area contributed by atoms with E-state index in [2.05, 4.69) is 0 Å². The molecule has 1 fully saturated rings. The van der Waals surface area contributed by atoms with E-state index in [9.17, 15) is 9.59 Å². The van der Waals surface area contributed by atoms with Crippen molar-refractivity contribution in [2.24, 2.45) is 0 Å². The Morgan fingerprint density at radius 2 is 1.89 bits per heavy atom. The molecular weight excluding hydrogens is 234 g/mol. The normalized spacial score (nSPS) is 13.9. The SMILES string of the molecule is O=C(O)Cc1ccc(OCC(=O)N2CCC2)cc1. The molecule has 1 aromatic carbocycles. The van der Waals surface area contributed by atoms with Crippen LogP contribution in [0.25, 0.3) is 0 Å². The van der Waals surface area contributed by atoms with Crippen molar-refractivity contribution in [2.45, 2.75) is 12.8 Å². The molecule has 1 N–H and O–H groups in total. The molecule has 0 saturated carbocycles. The van der Waals surface area contributed by atoms with Crippen LogP contribution < -0.4 is 4.74 Å². The van der Waals surface area contributed by atoms with Crippen molar-refractivity contribution < 1.29 is 19.4 Å². The van der Waals surface area contributed by atoms with Crippen molar-refractivity contribution in [1.82, 2.24) is 4.90 Å². The maximum absolute atomic E-state index is 11.5. The Balaban J connectivity index is 1.82. The van der Waals surface area contributed by atoms with Crippen LogP contribution in [0.2, 0.25) is 0 Å². The van der Waals surface area contributed by atoms with Gasteiger partial charge >= 0.3 is 5.97 Å². The van der Waals surface area contributed by atoms with E-state index in [0.717, 1.165) is 19.5 Å². The standard InChI is InChI=1S/C13H15NO4/c15-12(14-6-1-7-14)9-18-11-4-2-10(3-5-11)8-13(16)17/h2-5H,1,6-9H2,(H,16,17). The van der Waals surface area contributed by atoms with Gasteiger partial charge in [0.05, 0.1) is 6.42 Å². The highest BCUT2D eigenvalue weighted by Gasteiger charge is 2.20. The maximum Gasteiger partial charge on any atom is 0.307 e. The summed E-state index contributed by atoms with van der Waals surface area (Å²) in [5.41, 5.74) is 0.712. The first-order valence-corrected chi connectivity index (χ1v) is 5.86. The van der Waals surface area contributed by atoms with Crippen molar-refractivity contribution in [3.05, 3.63) is 29.8 Å². The summed E-state index contributed by atoms with van der Waals surface area (Å²) in [4.78, 5) is 23.8. The number of carbonyl (C=O) groups excluding carboxylic acids is 1. The van der Waals surface area contributed by atoms with E-state index in [1.165, 1.54) is 0 Å². The Morgan fingerprint density at radius 3 is 2.39 bits per heavy atom. The summed E-state index contributed by atoms with van der Waals surface area (Å²) in [6.07, 6.45) is 1.06. The lowest BCUT2D eigenvalue weighted by molar-refractivity contribution is -0.137. The zero-order valence-corrected chi connectivity index (χ0v) is 9.96. The van der Waals surface area contributed by atoms with E-state index in [4.69, 9.17) is 9.84 Å². The number of amides is 1. The number of aliphatic carboxylic acids is 1. The molecule has 0 unspecified atom stereocenters. The first-order chi connectivity index (χ1) is 8.65. The Hall–Kier alpha value is -2.04. The van der Waals surface area contributed by atoms with Crippen molar-refractivity contribution in [3.8, 4) is 5.75 Å². The van der Waals surface area contributed by atoms with Gasteiger partial charge in [-0.2, -0.15) is 0 Å². The van der Waals surface area contributed by atoms with Crippen LogP contribution in [0, 0.1) is 0 Å². The first kappa shape index (κ1) is 12.4. The van der Waals surface area contributed by atoms with Crippen LogP contribution in [0.4, 0.5) is 0 Å². The van der Waals surface area contributed by atoms with Crippen LogP contribution >= 0.6 is 0 Å². The predicted octanol–water partition coefficient (Wildman–Crippen LogP) is 0.925. The molecule has 0 atom stereocenters. The number of carboxylic acid groups (broad SMARTS) is 1. The number of benzene rings is 1. The molecule has 0 bridgehead atoms. The molecule has 1 saturated heterocycles. The average molecular weight is 249 g/mol. The highest BCUT2D eigenvalue weighted by atomic mass is 16.5. The second-order valence-corrected chi connectivity index (χ2v) is 4.24. The fraction of sp³-hybridized carbons (Fsp3) is 0.385. The fourth-order valence-electron chi connectivity index (χ4n) is 1.68. The molecule has 96 valence electrons. The minimum atomic E-state index is -0.864. The lowest BCUT2D eigenvalue weighted by atomic mass is 10.1. The van der Waals surface area contributed by atoms with E-state index in [1.807, 2.05) is 0 Å². The third kappa shape index (κ3) is 3.23. The van der Waals surface area contributed by atoms with Crippen LogP contribution in [-0.4, -0.2) is 41.6 Å². The van der Waals surface area contributed by atoms with Crippen molar-refractivity contribution in [1.29, 1.82) is 0 Å². The van der Waals surface area contributed by atoms with Gasteiger partial charge in [-0.1, -0.05) is 12.1 Å². The van der Waals surface area contributed by atoms with E-state index in [0.29, 0.717) is 11.3 Å². The average Bonchev–Trinajstić information content (AvgIpc) is 2.25. The predicted molar refractivity (Wildman–Crippen MR) is 64.5 cm³/mol. The molecule has 1 amide bonds. The lowest BCUT2D eigenvalue weighted by Crippen LogP contribution is -2.44. The van der Waals surface area contributed by atoms with Gasteiger partial charge in [0.1, 0.15) is 5.75 Å². The molecule has 1 aromatic rings. The third-order valence-electron chi connectivity index (χ3n) is 2.85. The summed E-state index contributed by atoms with van der Waals surface area (Å²) in [6, 6.07) is 6.75. The van der Waals surface area contributed by atoms with Gasteiger partial charge in [0.25, 0.3) is 5.91 Å². The number of carbonyl (C=O) groups is 2. The summed E-state index contributed by atoms with van der Waals surface area (Å²) in [5, 5.41) is 8.63. The molecule has 5 heteroatoms. The van der Waals surface area contributed by atoms with Crippen LogP contribution in [0.15, 0.2) is 24.3 Å². The Kier molecular flexibility index (Phi) is 3.82. The largest absolute Gasteiger partial charge is 0.484 e. The van der Waals surface area contributed by atoms with Crippen LogP contribution in [0.3, 0.4) is 0 Å². The number of rotatable bonds is 5. The second kappa shape index (κ2) is 5.53. The van der Waals surface area contributed by atoms with E-state index in [1.54, 1.807) is 29.2 Å². The number of hydrogen-bond acceptors (Lipinski definition) is 3. The molecule has 2 rings (SSSR count). The highest BCUT2D eigenvalue weighted by Crippen LogP contribution is 2.13. The minimum absolute atomic E-state index is 0.00383. The highest BCUT2D eigenvalue weighted by molar-refractivity contribution is 5.78. The molecule has 1 heterocycles. The molecule has 0 aliphatic carbocycles. The quantitative estimate of drug-likeness (QED) is 0.842. The van der Waals surface area contributed by atoms with Crippen molar-refractivity contribution in [3.63, 3.8) is 0 Å². The Morgan fingerprint density at radius 1 is 1.22 bits per heavy atom. The number of ether oxygens (including phenoxy) is 1. The molecular formula is C13H15NO4. The van der Waals surface area contributed by atoms with Gasteiger partial charge in [-0.3, -0.25) is 9.59 Å². The van der Waals surface area contributed by atoms with Crippen LogP contribution in [0.1, 0.15) is 12.0 Å². The smallest absolute Gasteiger partial charge is 0.307 e. The number of likely N-dealkylation sites (tertiary alicyclic amines) is 1. The third-order valence-corrected chi connectivity index (χ3v) is 2.85. The maximum atomic E-state index is 11.5. The monoisotopic (exact) mass is 249 g/mol. The van der Waals surface area contributed by atoms with Crippen LogP contribution in [0.5, 0.6) is 5.75 Å². The summed E-state index contributed by atoms with van der Waals surface area (Å²) < 4.78 is 5.35. The van der Waals surface area contributed by atoms with Crippen LogP contribution in [-0.2, 0) is 16.0 Å². The molecule has 0 radical (unpaired) electrons. The van der Waals surface area contributed by atoms with Gasteiger partial charge in [-0.15, -0.1) is 0 Å². The van der Waals surface area contributed by atoms with E-state index < -0.39 is 5.97 Å². The van der Waals surface area contributed by atoms with E-state index >= 15 is 0 Å². The number of hydrogen-bond donors (Lipinski definition) is 1. The lowest BCUT2D eigenvalue weighted by Gasteiger charge is -2.30. The summed E-state index contributed by atoms with van der Waals surface area (Å²) in [7, 11) is 0. The summed E-state index contributed by atoms with van der Waals surface area (Å²) in [6.45, 7) is 1.68. The molecule has 0 spiro atoms. The summed E-state index contributed by atoms with van der Waals surface area (Å²) in [5.74, 6) is -0.287. The molecule has 18 heavy (non-hydrogen) atoms. The topological polar surface area (TPSA) is 66.8 Å². The zero-order valence-electron chi connectivity index (χ0n) is 9.96. The Bertz CT molecular complexity index is 437. The van der Waals surface area contributed by atoms with Gasteiger partial charge in [0, 0.05) is 13.1 Å². The first-order valence-electron chi connectivity index (χ1n) is 5.86. The van der Waals surface area contributed by atoms with Crippen molar-refractivity contribution >= 4 is 11.9 Å². The molecule has 1 aliphatic rings. The van der Waals surface area contributed by atoms with Gasteiger partial charge in [-0.25, -0.2) is 0 Å². The Labute approximate surface area is 105 Å². The van der Waals surface area contributed by atoms with Gasteiger partial charge in [0.15, 0.2) is 6.61 Å². The van der Waals surface area contributed by atoms with Gasteiger partial charge in [0.2, 0.25) is 0 Å². The van der Waals surface area contributed by atoms with Gasteiger partial charge in [-0.05, 0) is 24.1 Å². The minimum Gasteiger partial charge on any atom is -0.484 e.